The Morgan fingerprint density at radius 3 is 2.85 bits per heavy atom. The van der Waals surface area contributed by atoms with Crippen molar-refractivity contribution in [3.63, 3.8) is 0 Å². The van der Waals surface area contributed by atoms with E-state index in [-0.39, 0.29) is 0 Å². The third kappa shape index (κ3) is 2.90. The van der Waals surface area contributed by atoms with E-state index in [1.165, 1.54) is 24.1 Å². The van der Waals surface area contributed by atoms with Crippen LogP contribution < -0.4 is 5.32 Å². The minimum Gasteiger partial charge on any atom is -0.313 e. The standard InChI is InChI=1S/C16H22N4/c1-3-9-17-11-14-6-7-16(18-12(14)2)20-10-8-15(19-20)13-4-5-13/h6-8,10,13,17H,3-5,9,11H2,1-2H3. The van der Waals surface area contributed by atoms with Crippen LogP contribution in [0.1, 0.15) is 49.1 Å². The van der Waals surface area contributed by atoms with Gasteiger partial charge >= 0.3 is 0 Å². The van der Waals surface area contributed by atoms with Gasteiger partial charge in [-0.15, -0.1) is 0 Å². The highest BCUT2D eigenvalue weighted by molar-refractivity contribution is 5.30. The highest BCUT2D eigenvalue weighted by atomic mass is 15.3. The lowest BCUT2D eigenvalue weighted by Gasteiger charge is -2.08. The molecule has 0 bridgehead atoms. The predicted octanol–water partition coefficient (Wildman–Crippen LogP) is 2.95. The lowest BCUT2D eigenvalue weighted by atomic mass is 10.2. The molecular weight excluding hydrogens is 248 g/mol. The van der Waals surface area contributed by atoms with Crippen molar-refractivity contribution in [2.24, 2.45) is 0 Å². The van der Waals surface area contributed by atoms with Crippen LogP contribution in [-0.2, 0) is 6.54 Å². The molecule has 2 aromatic heterocycles. The van der Waals surface area contributed by atoms with Crippen molar-refractivity contribution in [1.29, 1.82) is 0 Å². The van der Waals surface area contributed by atoms with E-state index in [0.29, 0.717) is 5.92 Å². The average molecular weight is 270 g/mol. The summed E-state index contributed by atoms with van der Waals surface area (Å²) in [7, 11) is 0. The second-order valence-electron chi connectivity index (χ2n) is 5.55. The van der Waals surface area contributed by atoms with Crippen LogP contribution in [0.3, 0.4) is 0 Å². The number of nitrogens with one attached hydrogen (secondary N) is 1. The number of aromatic nitrogens is 3. The lowest BCUT2D eigenvalue weighted by molar-refractivity contribution is 0.669. The maximum absolute atomic E-state index is 4.68. The van der Waals surface area contributed by atoms with Gasteiger partial charge < -0.3 is 5.32 Å². The van der Waals surface area contributed by atoms with Crippen molar-refractivity contribution in [2.45, 2.75) is 45.6 Å². The molecule has 106 valence electrons. The van der Waals surface area contributed by atoms with Crippen LogP contribution in [0.25, 0.3) is 5.82 Å². The molecule has 1 aliphatic rings. The fourth-order valence-corrected chi connectivity index (χ4v) is 2.35. The first kappa shape index (κ1) is 13.3. The first-order valence-corrected chi connectivity index (χ1v) is 7.51. The van der Waals surface area contributed by atoms with E-state index in [4.69, 9.17) is 0 Å². The normalized spacial score (nSPS) is 14.7. The smallest absolute Gasteiger partial charge is 0.153 e. The molecule has 1 aliphatic carbocycles. The fraction of sp³-hybridized carbons (Fsp3) is 0.500. The van der Waals surface area contributed by atoms with E-state index in [1.807, 2.05) is 10.9 Å². The van der Waals surface area contributed by atoms with Crippen LogP contribution in [0.5, 0.6) is 0 Å². The summed E-state index contributed by atoms with van der Waals surface area (Å²) in [5.41, 5.74) is 3.55. The number of aryl methyl sites for hydroxylation is 1. The van der Waals surface area contributed by atoms with E-state index >= 15 is 0 Å². The highest BCUT2D eigenvalue weighted by Crippen LogP contribution is 2.38. The highest BCUT2D eigenvalue weighted by Gasteiger charge is 2.25. The molecule has 1 saturated carbocycles. The summed E-state index contributed by atoms with van der Waals surface area (Å²) in [6.45, 7) is 6.18. The van der Waals surface area contributed by atoms with Gasteiger partial charge in [-0.05, 0) is 50.4 Å². The Hall–Kier alpha value is -1.68. The van der Waals surface area contributed by atoms with E-state index in [0.717, 1.165) is 31.0 Å². The van der Waals surface area contributed by atoms with E-state index < -0.39 is 0 Å². The van der Waals surface area contributed by atoms with Gasteiger partial charge in [-0.25, -0.2) is 9.67 Å². The third-order valence-electron chi connectivity index (χ3n) is 3.76. The third-order valence-corrected chi connectivity index (χ3v) is 3.76. The molecule has 1 fully saturated rings. The molecule has 0 aliphatic heterocycles. The molecule has 4 nitrogen and oxygen atoms in total. The quantitative estimate of drug-likeness (QED) is 0.821. The number of rotatable bonds is 6. The monoisotopic (exact) mass is 270 g/mol. The largest absolute Gasteiger partial charge is 0.313 e. The molecule has 20 heavy (non-hydrogen) atoms. The number of pyridine rings is 1. The van der Waals surface area contributed by atoms with Gasteiger partial charge in [0.25, 0.3) is 0 Å². The van der Waals surface area contributed by atoms with Crippen LogP contribution in [-0.4, -0.2) is 21.3 Å². The van der Waals surface area contributed by atoms with Gasteiger partial charge in [0.15, 0.2) is 5.82 Å². The summed E-state index contributed by atoms with van der Waals surface area (Å²) in [5.74, 6) is 1.60. The molecule has 0 spiro atoms. The summed E-state index contributed by atoms with van der Waals surface area (Å²) in [4.78, 5) is 4.68. The van der Waals surface area contributed by atoms with Crippen molar-refractivity contribution in [3.8, 4) is 5.82 Å². The predicted molar refractivity (Wildman–Crippen MR) is 80.1 cm³/mol. The fourth-order valence-electron chi connectivity index (χ4n) is 2.35. The molecule has 3 rings (SSSR count). The molecule has 0 aromatic carbocycles. The van der Waals surface area contributed by atoms with Gasteiger partial charge in [0.2, 0.25) is 0 Å². The summed E-state index contributed by atoms with van der Waals surface area (Å²) in [5, 5.41) is 8.04. The molecule has 2 heterocycles. The first-order chi connectivity index (χ1) is 9.78. The second kappa shape index (κ2) is 5.75. The van der Waals surface area contributed by atoms with Crippen molar-refractivity contribution in [3.05, 3.63) is 41.3 Å². The van der Waals surface area contributed by atoms with Gasteiger partial charge in [-0.1, -0.05) is 13.0 Å². The van der Waals surface area contributed by atoms with E-state index in [2.05, 4.69) is 47.4 Å². The minimum atomic E-state index is 0.690. The van der Waals surface area contributed by atoms with Crippen LogP contribution in [0.2, 0.25) is 0 Å². The maximum atomic E-state index is 4.68. The topological polar surface area (TPSA) is 42.7 Å². The van der Waals surface area contributed by atoms with Gasteiger partial charge in [-0.2, -0.15) is 5.10 Å². The summed E-state index contributed by atoms with van der Waals surface area (Å²) >= 11 is 0. The van der Waals surface area contributed by atoms with Crippen molar-refractivity contribution < 1.29 is 0 Å². The van der Waals surface area contributed by atoms with E-state index in [1.54, 1.807) is 0 Å². The van der Waals surface area contributed by atoms with Crippen molar-refractivity contribution in [1.82, 2.24) is 20.1 Å². The average Bonchev–Trinajstić information content (AvgIpc) is 3.18. The summed E-state index contributed by atoms with van der Waals surface area (Å²) in [6.07, 6.45) is 5.74. The Kier molecular flexibility index (Phi) is 3.83. The Morgan fingerprint density at radius 1 is 1.30 bits per heavy atom. The molecular formula is C16H22N4. The molecule has 4 heteroatoms. The first-order valence-electron chi connectivity index (χ1n) is 7.51. The Labute approximate surface area is 120 Å². The van der Waals surface area contributed by atoms with Gasteiger partial charge in [0, 0.05) is 24.4 Å². The zero-order valence-corrected chi connectivity index (χ0v) is 12.3. The number of hydrogen-bond donors (Lipinski definition) is 1. The Morgan fingerprint density at radius 2 is 2.15 bits per heavy atom. The van der Waals surface area contributed by atoms with Crippen LogP contribution >= 0.6 is 0 Å². The lowest BCUT2D eigenvalue weighted by Crippen LogP contribution is -2.15. The van der Waals surface area contributed by atoms with Crippen LogP contribution in [0, 0.1) is 6.92 Å². The van der Waals surface area contributed by atoms with Crippen LogP contribution in [0.4, 0.5) is 0 Å². The molecule has 0 atom stereocenters. The zero-order chi connectivity index (χ0) is 13.9. The molecule has 0 saturated heterocycles. The number of nitrogens with zero attached hydrogens (tertiary/aromatic N) is 3. The SMILES string of the molecule is CCCNCc1ccc(-n2ccc(C3CC3)n2)nc1C. The van der Waals surface area contributed by atoms with Gasteiger partial charge in [-0.3, -0.25) is 0 Å². The van der Waals surface area contributed by atoms with Crippen LogP contribution in [0.15, 0.2) is 24.4 Å². The molecule has 0 unspecified atom stereocenters. The van der Waals surface area contributed by atoms with Gasteiger partial charge in [0.1, 0.15) is 0 Å². The summed E-state index contributed by atoms with van der Waals surface area (Å²) in [6, 6.07) is 6.32. The molecule has 1 N–H and O–H groups in total. The second-order valence-corrected chi connectivity index (χ2v) is 5.55. The van der Waals surface area contributed by atoms with Crippen molar-refractivity contribution in [2.75, 3.05) is 6.54 Å². The zero-order valence-electron chi connectivity index (χ0n) is 12.3. The summed E-state index contributed by atoms with van der Waals surface area (Å²) < 4.78 is 1.89. The molecule has 2 aromatic rings. The Bertz CT molecular complexity index is 584. The molecule has 0 amide bonds. The van der Waals surface area contributed by atoms with Crippen molar-refractivity contribution >= 4 is 0 Å². The Balaban J connectivity index is 1.74. The molecule has 0 radical (unpaired) electrons. The van der Waals surface area contributed by atoms with Gasteiger partial charge in [0.05, 0.1) is 5.69 Å². The minimum absolute atomic E-state index is 0.690. The number of hydrogen-bond acceptors (Lipinski definition) is 3. The maximum Gasteiger partial charge on any atom is 0.153 e. The van der Waals surface area contributed by atoms with E-state index in [9.17, 15) is 0 Å².